The molecule has 0 radical (unpaired) electrons. The SMILES string of the molecule is NC(=O)C(O)CNC(=O)c1cc[nH]c(=O)c1. The van der Waals surface area contributed by atoms with Gasteiger partial charge in [-0.25, -0.2) is 0 Å². The maximum atomic E-state index is 11.4. The number of carbonyl (C=O) groups excluding carboxylic acids is 2. The Balaban J connectivity index is 2.60. The fourth-order valence-electron chi connectivity index (χ4n) is 0.978. The lowest BCUT2D eigenvalue weighted by atomic mass is 10.2. The third kappa shape index (κ3) is 3.21. The number of primary amides is 1. The lowest BCUT2D eigenvalue weighted by molar-refractivity contribution is -0.125. The van der Waals surface area contributed by atoms with Gasteiger partial charge in [-0.2, -0.15) is 0 Å². The minimum atomic E-state index is -1.44. The molecule has 1 unspecified atom stereocenters. The zero-order valence-electron chi connectivity index (χ0n) is 8.27. The number of pyridine rings is 1. The number of hydrogen-bond donors (Lipinski definition) is 4. The normalized spacial score (nSPS) is 11.8. The van der Waals surface area contributed by atoms with E-state index >= 15 is 0 Å². The third-order valence-electron chi connectivity index (χ3n) is 1.82. The summed E-state index contributed by atoms with van der Waals surface area (Å²) in [5.41, 5.74) is 4.52. The number of hydrogen-bond acceptors (Lipinski definition) is 4. The summed E-state index contributed by atoms with van der Waals surface area (Å²) >= 11 is 0. The first-order valence-corrected chi connectivity index (χ1v) is 4.45. The van der Waals surface area contributed by atoms with Gasteiger partial charge in [0.2, 0.25) is 11.5 Å². The van der Waals surface area contributed by atoms with Gasteiger partial charge in [-0.05, 0) is 6.07 Å². The summed E-state index contributed by atoms with van der Waals surface area (Å²) in [6.45, 7) is -0.291. The van der Waals surface area contributed by atoms with Crippen molar-refractivity contribution in [1.29, 1.82) is 0 Å². The van der Waals surface area contributed by atoms with Crippen LogP contribution in [0.3, 0.4) is 0 Å². The molecule has 1 heterocycles. The predicted octanol–water partition coefficient (Wildman–Crippen LogP) is -2.05. The maximum absolute atomic E-state index is 11.4. The van der Waals surface area contributed by atoms with Gasteiger partial charge in [0.1, 0.15) is 6.10 Å². The van der Waals surface area contributed by atoms with Crippen LogP contribution in [0.15, 0.2) is 23.1 Å². The minimum Gasteiger partial charge on any atom is -0.381 e. The molecule has 7 heteroatoms. The van der Waals surface area contributed by atoms with E-state index in [-0.39, 0.29) is 12.1 Å². The largest absolute Gasteiger partial charge is 0.381 e. The van der Waals surface area contributed by atoms with Gasteiger partial charge in [0, 0.05) is 17.8 Å². The smallest absolute Gasteiger partial charge is 0.251 e. The van der Waals surface area contributed by atoms with Crippen molar-refractivity contribution in [2.45, 2.75) is 6.10 Å². The summed E-state index contributed by atoms with van der Waals surface area (Å²) in [5.74, 6) is -1.49. The Morgan fingerprint density at radius 3 is 2.81 bits per heavy atom. The summed E-state index contributed by atoms with van der Waals surface area (Å²) < 4.78 is 0. The number of aromatic nitrogens is 1. The maximum Gasteiger partial charge on any atom is 0.251 e. The number of aliphatic hydroxyl groups excluding tert-OH is 1. The predicted molar refractivity (Wildman–Crippen MR) is 54.6 cm³/mol. The number of aliphatic hydroxyl groups is 1. The van der Waals surface area contributed by atoms with E-state index in [1.165, 1.54) is 12.3 Å². The highest BCUT2D eigenvalue weighted by molar-refractivity contribution is 5.94. The Morgan fingerprint density at radius 2 is 2.25 bits per heavy atom. The van der Waals surface area contributed by atoms with Crippen LogP contribution in [-0.2, 0) is 4.79 Å². The Labute approximate surface area is 90.3 Å². The van der Waals surface area contributed by atoms with Crippen LogP contribution in [0.2, 0.25) is 0 Å². The van der Waals surface area contributed by atoms with E-state index in [2.05, 4.69) is 10.3 Å². The number of carbonyl (C=O) groups is 2. The monoisotopic (exact) mass is 225 g/mol. The molecule has 16 heavy (non-hydrogen) atoms. The van der Waals surface area contributed by atoms with Crippen molar-refractivity contribution in [3.63, 3.8) is 0 Å². The molecule has 2 amide bonds. The highest BCUT2D eigenvalue weighted by atomic mass is 16.3. The molecule has 1 aromatic rings. The van der Waals surface area contributed by atoms with Gasteiger partial charge in [-0.3, -0.25) is 14.4 Å². The summed E-state index contributed by atoms with van der Waals surface area (Å²) in [7, 11) is 0. The van der Waals surface area contributed by atoms with Crippen molar-refractivity contribution in [1.82, 2.24) is 10.3 Å². The van der Waals surface area contributed by atoms with Crippen LogP contribution in [0.4, 0.5) is 0 Å². The molecule has 0 spiro atoms. The number of nitrogens with two attached hydrogens (primary N) is 1. The van der Waals surface area contributed by atoms with Crippen LogP contribution in [0, 0.1) is 0 Å². The number of rotatable bonds is 4. The van der Waals surface area contributed by atoms with Crippen LogP contribution in [0.5, 0.6) is 0 Å². The quantitative estimate of drug-likeness (QED) is 0.470. The Bertz CT molecular complexity index is 454. The standard InChI is InChI=1S/C9H11N3O4/c10-8(15)6(13)4-12-9(16)5-1-2-11-7(14)3-5/h1-3,6,13H,4H2,(H2,10,15)(H,11,14)(H,12,16). The number of nitrogens with one attached hydrogen (secondary N) is 2. The highest BCUT2D eigenvalue weighted by Crippen LogP contribution is 1.92. The Kier molecular flexibility index (Phi) is 3.78. The van der Waals surface area contributed by atoms with Crippen molar-refractivity contribution in [2.75, 3.05) is 6.54 Å². The number of aromatic amines is 1. The molecule has 0 aromatic carbocycles. The molecule has 7 nitrogen and oxygen atoms in total. The van der Waals surface area contributed by atoms with E-state index in [0.29, 0.717) is 0 Å². The summed E-state index contributed by atoms with van der Waals surface area (Å²) in [6.07, 6.45) is -0.118. The average Bonchev–Trinajstić information content (AvgIpc) is 2.25. The molecule has 86 valence electrons. The van der Waals surface area contributed by atoms with Gasteiger partial charge in [-0.1, -0.05) is 0 Å². The second-order valence-electron chi connectivity index (χ2n) is 3.07. The molecule has 5 N–H and O–H groups in total. The molecular formula is C9H11N3O4. The molecule has 0 aliphatic rings. The van der Waals surface area contributed by atoms with Gasteiger partial charge in [0.15, 0.2) is 0 Å². The van der Waals surface area contributed by atoms with Crippen molar-refractivity contribution in [2.24, 2.45) is 5.73 Å². The van der Waals surface area contributed by atoms with Crippen molar-refractivity contribution in [3.8, 4) is 0 Å². The van der Waals surface area contributed by atoms with E-state index in [0.717, 1.165) is 6.07 Å². The highest BCUT2D eigenvalue weighted by Gasteiger charge is 2.13. The zero-order chi connectivity index (χ0) is 12.1. The van der Waals surface area contributed by atoms with Crippen LogP contribution in [0.1, 0.15) is 10.4 Å². The molecule has 0 fully saturated rings. The minimum absolute atomic E-state index is 0.139. The lowest BCUT2D eigenvalue weighted by Crippen LogP contribution is -2.40. The van der Waals surface area contributed by atoms with E-state index in [4.69, 9.17) is 10.8 Å². The fourth-order valence-corrected chi connectivity index (χ4v) is 0.978. The van der Waals surface area contributed by atoms with Crippen LogP contribution < -0.4 is 16.6 Å². The van der Waals surface area contributed by atoms with Crippen LogP contribution in [0.25, 0.3) is 0 Å². The third-order valence-corrected chi connectivity index (χ3v) is 1.82. The molecular weight excluding hydrogens is 214 g/mol. The molecule has 0 saturated heterocycles. The number of amides is 2. The molecule has 1 atom stereocenters. The summed E-state index contributed by atoms with van der Waals surface area (Å²) in [6, 6.07) is 2.50. The van der Waals surface area contributed by atoms with Gasteiger partial charge in [-0.15, -0.1) is 0 Å². The van der Waals surface area contributed by atoms with E-state index in [1.54, 1.807) is 0 Å². The second-order valence-corrected chi connectivity index (χ2v) is 3.07. The van der Waals surface area contributed by atoms with Gasteiger partial charge in [0.05, 0.1) is 6.54 Å². The molecule has 1 rings (SSSR count). The first-order valence-electron chi connectivity index (χ1n) is 4.45. The van der Waals surface area contributed by atoms with Crippen LogP contribution >= 0.6 is 0 Å². The van der Waals surface area contributed by atoms with Crippen molar-refractivity contribution in [3.05, 3.63) is 34.2 Å². The Morgan fingerprint density at radius 1 is 1.56 bits per heavy atom. The average molecular weight is 225 g/mol. The zero-order valence-corrected chi connectivity index (χ0v) is 8.27. The first-order chi connectivity index (χ1) is 7.50. The van der Waals surface area contributed by atoms with E-state index in [1.807, 2.05) is 0 Å². The number of H-pyrrole nitrogens is 1. The molecule has 0 aliphatic heterocycles. The molecule has 1 aromatic heterocycles. The van der Waals surface area contributed by atoms with Gasteiger partial charge < -0.3 is 21.1 Å². The molecule has 0 aliphatic carbocycles. The topological polar surface area (TPSA) is 125 Å². The fraction of sp³-hybridized carbons (Fsp3) is 0.222. The van der Waals surface area contributed by atoms with Gasteiger partial charge >= 0.3 is 0 Å². The van der Waals surface area contributed by atoms with Crippen molar-refractivity contribution < 1.29 is 14.7 Å². The summed E-state index contributed by atoms with van der Waals surface area (Å²) in [4.78, 5) is 35.1. The van der Waals surface area contributed by atoms with Crippen molar-refractivity contribution >= 4 is 11.8 Å². The Hall–Kier alpha value is -2.15. The first kappa shape index (κ1) is 11.9. The molecule has 0 bridgehead atoms. The molecule has 0 saturated carbocycles. The van der Waals surface area contributed by atoms with Gasteiger partial charge in [0.25, 0.3) is 5.91 Å². The second kappa shape index (κ2) is 5.08. The summed E-state index contributed by atoms with van der Waals surface area (Å²) in [5, 5.41) is 11.3. The van der Waals surface area contributed by atoms with Crippen LogP contribution in [-0.4, -0.2) is 34.6 Å². The lowest BCUT2D eigenvalue weighted by Gasteiger charge is -2.07. The van der Waals surface area contributed by atoms with E-state index < -0.39 is 23.5 Å². The van der Waals surface area contributed by atoms with E-state index in [9.17, 15) is 14.4 Å².